The van der Waals surface area contributed by atoms with E-state index in [2.05, 4.69) is 48.2 Å². The molecule has 2 aliphatic rings. The highest BCUT2D eigenvalue weighted by Crippen LogP contribution is 2.33. The van der Waals surface area contributed by atoms with E-state index >= 15 is 0 Å². The molecule has 1 aliphatic carbocycles. The molecule has 2 fully saturated rings. The molecule has 3 heterocycles. The molecule has 1 aliphatic heterocycles. The van der Waals surface area contributed by atoms with Gasteiger partial charge in [-0.2, -0.15) is 4.98 Å². The summed E-state index contributed by atoms with van der Waals surface area (Å²) in [4.78, 5) is 58.2. The zero-order valence-electron chi connectivity index (χ0n) is 31.3. The number of piperidine rings is 1. The summed E-state index contributed by atoms with van der Waals surface area (Å²) >= 11 is 1.65. The molecule has 1 saturated heterocycles. The average Bonchev–Trinajstić information content (AvgIpc) is 3.63. The van der Waals surface area contributed by atoms with Crippen molar-refractivity contribution in [3.8, 4) is 0 Å². The number of carbonyl (C=O) groups excluding carboxylic acids is 2. The third-order valence-electron chi connectivity index (χ3n) is 10.1. The van der Waals surface area contributed by atoms with E-state index in [0.29, 0.717) is 31.5 Å². The van der Waals surface area contributed by atoms with E-state index in [9.17, 15) is 14.2 Å². The maximum absolute atomic E-state index is 11.9. The number of nitrogens with one attached hydrogen (secondary N) is 6. The van der Waals surface area contributed by atoms with Gasteiger partial charge >= 0.3 is 7.60 Å². The molecule has 298 valence electrons. The maximum Gasteiger partial charge on any atom is 0.327 e. The highest BCUT2D eigenvalue weighted by atomic mass is 32.1. The van der Waals surface area contributed by atoms with E-state index in [1.165, 1.54) is 32.1 Å². The monoisotopic (exact) mass is 786 g/mol. The van der Waals surface area contributed by atoms with Gasteiger partial charge in [0.05, 0.1) is 23.9 Å². The maximum atomic E-state index is 11.9. The molecule has 8 N–H and O–H groups in total. The smallest absolute Gasteiger partial charge is 0.327 e. The van der Waals surface area contributed by atoms with Crippen LogP contribution in [0.25, 0.3) is 10.9 Å². The lowest BCUT2D eigenvalue weighted by Crippen LogP contribution is -2.42. The minimum absolute atomic E-state index is 0.0842. The third-order valence-corrected chi connectivity index (χ3v) is 11.8. The third kappa shape index (κ3) is 15.2. The molecule has 1 amide bonds. The lowest BCUT2D eigenvalue weighted by Gasteiger charge is -2.33. The van der Waals surface area contributed by atoms with Crippen LogP contribution >= 0.6 is 18.9 Å². The number of amides is 1. The van der Waals surface area contributed by atoms with Crippen molar-refractivity contribution < 1.29 is 23.9 Å². The number of hydrogen-bond acceptors (Lipinski definition) is 13. The molecule has 3 aromatic rings. The van der Waals surface area contributed by atoms with Gasteiger partial charge in [0.15, 0.2) is 0 Å². The van der Waals surface area contributed by atoms with E-state index in [1.54, 1.807) is 11.3 Å². The van der Waals surface area contributed by atoms with E-state index < -0.39 is 13.8 Å². The first-order valence-electron chi connectivity index (χ1n) is 19.6. The van der Waals surface area contributed by atoms with Crippen LogP contribution in [-0.4, -0.2) is 112 Å². The highest BCUT2D eigenvalue weighted by Gasteiger charge is 2.21. The second-order valence-electron chi connectivity index (χ2n) is 14.5. The van der Waals surface area contributed by atoms with Crippen LogP contribution in [0.1, 0.15) is 74.9 Å². The fraction of sp³-hybridized carbons (Fsp3) is 0.649. The quantitative estimate of drug-likeness (QED) is 0.0372. The number of thiazole rings is 1. The van der Waals surface area contributed by atoms with Gasteiger partial charge in [-0.05, 0) is 63.7 Å². The molecule has 2 aromatic heterocycles. The van der Waals surface area contributed by atoms with Crippen molar-refractivity contribution >= 4 is 53.8 Å². The second kappa shape index (κ2) is 22.5. The highest BCUT2D eigenvalue weighted by molar-refractivity contribution is 7.51. The van der Waals surface area contributed by atoms with Crippen LogP contribution in [0.4, 0.5) is 11.8 Å². The Kier molecular flexibility index (Phi) is 17.5. The Morgan fingerprint density at radius 1 is 0.963 bits per heavy atom. The van der Waals surface area contributed by atoms with Gasteiger partial charge in [0.2, 0.25) is 11.9 Å². The minimum Gasteiger partial charge on any atom is -0.367 e. The van der Waals surface area contributed by atoms with Gasteiger partial charge in [0.25, 0.3) is 0 Å². The summed E-state index contributed by atoms with van der Waals surface area (Å²) in [5.41, 5.74) is 1.95. The number of nitrogens with zero attached hydrogens (tertiary/aromatic N) is 4. The van der Waals surface area contributed by atoms with Crippen LogP contribution in [0.3, 0.4) is 0 Å². The number of aldehydes is 1. The first-order valence-corrected chi connectivity index (χ1v) is 22.3. The number of benzene rings is 1. The van der Waals surface area contributed by atoms with Crippen LogP contribution in [0, 0.1) is 5.92 Å². The Morgan fingerprint density at radius 3 is 2.57 bits per heavy atom. The number of hydrogen-bond donors (Lipinski definition) is 8. The van der Waals surface area contributed by atoms with E-state index in [-0.39, 0.29) is 30.8 Å². The van der Waals surface area contributed by atoms with Crippen molar-refractivity contribution in [2.75, 3.05) is 69.2 Å². The summed E-state index contributed by atoms with van der Waals surface area (Å²) in [6.07, 6.45) is 10.8. The van der Waals surface area contributed by atoms with Gasteiger partial charge in [0.1, 0.15) is 17.1 Å². The molecule has 0 radical (unpaired) electrons. The van der Waals surface area contributed by atoms with Crippen LogP contribution in [0.15, 0.2) is 29.6 Å². The molecular formula is C37H59N10O5PS. The van der Waals surface area contributed by atoms with Crippen molar-refractivity contribution in [2.45, 2.75) is 89.4 Å². The van der Waals surface area contributed by atoms with Crippen molar-refractivity contribution in [2.24, 2.45) is 5.92 Å². The van der Waals surface area contributed by atoms with Crippen LogP contribution in [-0.2, 0) is 27.2 Å². The summed E-state index contributed by atoms with van der Waals surface area (Å²) in [7, 11) is -4.14. The number of fused-ring (bicyclic) bond motifs is 1. The standard InChI is InChI=1S/C37H59N10O5PS/c48-26-28(11-12-34(49)41-18-22-53(50,51)52)23-39-17-21-47-19-13-30(14-20-47)44-36-32-9-4-5-10-33(32)45-37(46-36)42-25-35-43-31(27-54-35)24-38-15-6-16-40-29-7-2-1-3-8-29/h4-5,9-10,26-30,38-40H,1-3,6-8,11-25H2,(H,41,49)(H2,50,51,52)(H2,42,44,45,46). The molecule has 15 nitrogen and oxygen atoms in total. The largest absolute Gasteiger partial charge is 0.367 e. The van der Waals surface area contributed by atoms with Crippen molar-refractivity contribution in [1.29, 1.82) is 0 Å². The molecule has 1 atom stereocenters. The molecule has 5 rings (SSSR count). The molecule has 17 heteroatoms. The lowest BCUT2D eigenvalue weighted by molar-refractivity contribution is -0.121. The number of rotatable bonds is 24. The molecule has 0 spiro atoms. The lowest BCUT2D eigenvalue weighted by atomic mass is 9.95. The van der Waals surface area contributed by atoms with Gasteiger partial charge in [-0.3, -0.25) is 9.36 Å². The first-order chi connectivity index (χ1) is 26.2. The van der Waals surface area contributed by atoms with Crippen molar-refractivity contribution in [3.05, 3.63) is 40.3 Å². The number of anilines is 2. The van der Waals surface area contributed by atoms with Crippen molar-refractivity contribution in [3.63, 3.8) is 0 Å². The normalized spacial score (nSPS) is 16.7. The van der Waals surface area contributed by atoms with Crippen LogP contribution in [0.5, 0.6) is 0 Å². The zero-order chi connectivity index (χ0) is 38.0. The van der Waals surface area contributed by atoms with Gasteiger partial charge in [-0.15, -0.1) is 11.3 Å². The molecule has 0 bridgehead atoms. The minimum atomic E-state index is -4.14. The van der Waals surface area contributed by atoms with Gasteiger partial charge in [-0.1, -0.05) is 31.4 Å². The number of likely N-dealkylation sites (tertiary alicyclic amines) is 1. The Balaban J connectivity index is 0.985. The Labute approximate surface area is 322 Å². The van der Waals surface area contributed by atoms with E-state index in [4.69, 9.17) is 24.7 Å². The van der Waals surface area contributed by atoms with Gasteiger partial charge in [-0.25, -0.2) is 9.97 Å². The topological polar surface area (TPSA) is 206 Å². The summed E-state index contributed by atoms with van der Waals surface area (Å²) in [5, 5.41) is 24.3. The Morgan fingerprint density at radius 2 is 1.78 bits per heavy atom. The summed E-state index contributed by atoms with van der Waals surface area (Å²) in [6.45, 7) is 7.25. The van der Waals surface area contributed by atoms with Crippen LogP contribution in [0.2, 0.25) is 0 Å². The summed E-state index contributed by atoms with van der Waals surface area (Å²) < 4.78 is 10.9. The van der Waals surface area contributed by atoms with Crippen molar-refractivity contribution in [1.82, 2.24) is 41.1 Å². The van der Waals surface area contributed by atoms with Gasteiger partial charge < -0.3 is 51.4 Å². The predicted molar refractivity (Wildman–Crippen MR) is 215 cm³/mol. The first kappa shape index (κ1) is 42.1. The Hall–Kier alpha value is -3.08. The summed E-state index contributed by atoms with van der Waals surface area (Å²) in [5.74, 6) is 0.796. The molecule has 1 unspecified atom stereocenters. The fourth-order valence-electron chi connectivity index (χ4n) is 6.96. The number of para-hydroxylation sites is 1. The molecular weight excluding hydrogens is 728 g/mol. The average molecular weight is 787 g/mol. The zero-order valence-corrected chi connectivity index (χ0v) is 33.0. The predicted octanol–water partition coefficient (Wildman–Crippen LogP) is 3.46. The van der Waals surface area contributed by atoms with Gasteiger partial charge in [0, 0.05) is 81.0 Å². The van der Waals surface area contributed by atoms with E-state index in [0.717, 1.165) is 98.8 Å². The fourth-order valence-corrected chi connectivity index (χ4v) is 8.09. The van der Waals surface area contributed by atoms with E-state index in [1.807, 2.05) is 18.2 Å². The molecule has 1 aromatic carbocycles. The summed E-state index contributed by atoms with van der Waals surface area (Å²) in [6, 6.07) is 9.07. The second-order valence-corrected chi connectivity index (χ2v) is 17.2. The number of carbonyl (C=O) groups is 2. The number of aromatic nitrogens is 3. The molecule has 54 heavy (non-hydrogen) atoms. The molecule has 1 saturated carbocycles. The SMILES string of the molecule is O=CC(CCC(=O)NCCP(=O)(O)O)CNCCN1CCC(Nc2nc(NCc3nc(CNCCCNC4CCCCC4)cs3)nc3ccccc23)CC1. The van der Waals surface area contributed by atoms with Crippen LogP contribution < -0.4 is 31.9 Å². The Bertz CT molecular complexity index is 1630.